The summed E-state index contributed by atoms with van der Waals surface area (Å²) in [5.74, 6) is -0.476. The molecule has 5 nitrogen and oxygen atoms in total. The highest BCUT2D eigenvalue weighted by Crippen LogP contribution is 2.16. The Labute approximate surface area is 86.2 Å². The lowest BCUT2D eigenvalue weighted by atomic mass is 10.3. The molecule has 0 aliphatic carbocycles. The van der Waals surface area contributed by atoms with Crippen LogP contribution in [-0.4, -0.2) is 20.4 Å². The van der Waals surface area contributed by atoms with E-state index in [4.69, 9.17) is 5.73 Å². The van der Waals surface area contributed by atoms with Gasteiger partial charge in [-0.2, -0.15) is 0 Å². The van der Waals surface area contributed by atoms with Crippen LogP contribution in [0.4, 0.5) is 0 Å². The average Bonchev–Trinajstić information content (AvgIpc) is 2.54. The van der Waals surface area contributed by atoms with E-state index in [1.165, 1.54) is 6.08 Å². The first-order valence-electron chi connectivity index (χ1n) is 4.42. The van der Waals surface area contributed by atoms with Crippen LogP contribution in [0, 0.1) is 0 Å². The van der Waals surface area contributed by atoms with Crippen molar-refractivity contribution < 1.29 is 4.79 Å². The number of carbonyl (C=O) groups excluding carboxylic acids is 1. The van der Waals surface area contributed by atoms with Crippen LogP contribution in [0.3, 0.4) is 0 Å². The number of amides is 1. The van der Waals surface area contributed by atoms with Crippen molar-refractivity contribution in [1.29, 1.82) is 0 Å². The minimum absolute atomic E-state index is 0.476. The molecule has 0 spiro atoms. The summed E-state index contributed by atoms with van der Waals surface area (Å²) < 4.78 is 1.85. The van der Waals surface area contributed by atoms with Gasteiger partial charge in [-0.25, -0.2) is 4.98 Å². The monoisotopic (exact) mass is 202 g/mol. The van der Waals surface area contributed by atoms with E-state index in [2.05, 4.69) is 9.97 Å². The molecule has 2 rings (SSSR count). The molecule has 0 fully saturated rings. The fourth-order valence-corrected chi connectivity index (χ4v) is 1.42. The van der Waals surface area contributed by atoms with Gasteiger partial charge >= 0.3 is 0 Å². The van der Waals surface area contributed by atoms with Crippen molar-refractivity contribution in [3.05, 3.63) is 30.2 Å². The second-order valence-electron chi connectivity index (χ2n) is 3.16. The Morgan fingerprint density at radius 1 is 1.47 bits per heavy atom. The van der Waals surface area contributed by atoms with Crippen molar-refractivity contribution >= 4 is 23.1 Å². The molecule has 2 N–H and O–H groups in total. The summed E-state index contributed by atoms with van der Waals surface area (Å²) in [5.41, 5.74) is 7.40. The van der Waals surface area contributed by atoms with Crippen LogP contribution in [0.5, 0.6) is 0 Å². The minimum atomic E-state index is -0.476. The molecule has 0 saturated carbocycles. The second-order valence-corrected chi connectivity index (χ2v) is 3.16. The third-order valence-electron chi connectivity index (χ3n) is 2.05. The van der Waals surface area contributed by atoms with Gasteiger partial charge in [0.2, 0.25) is 5.91 Å². The van der Waals surface area contributed by atoms with E-state index >= 15 is 0 Å². The van der Waals surface area contributed by atoms with Crippen LogP contribution in [0.2, 0.25) is 0 Å². The first-order valence-corrected chi connectivity index (χ1v) is 4.42. The molecule has 0 aliphatic rings. The number of carbonyl (C=O) groups is 1. The fraction of sp³-hybridized carbons (Fsp3) is 0.100. The van der Waals surface area contributed by atoms with Crippen LogP contribution in [-0.2, 0) is 11.8 Å². The largest absolute Gasteiger partial charge is 0.366 e. The molecule has 0 aromatic carbocycles. The first kappa shape index (κ1) is 9.39. The lowest BCUT2D eigenvalue weighted by Crippen LogP contribution is -2.05. The van der Waals surface area contributed by atoms with Crippen molar-refractivity contribution in [2.45, 2.75) is 0 Å². The minimum Gasteiger partial charge on any atom is -0.366 e. The number of rotatable bonds is 2. The molecule has 0 radical (unpaired) electrons. The quantitative estimate of drug-likeness (QED) is 0.719. The standard InChI is InChI=1S/C10H10N4O/c1-14-6-7(2-3-8(11)15)9-10(14)13-5-4-12-9/h2-6H,1H3,(H2,11,15). The number of hydrogen-bond acceptors (Lipinski definition) is 3. The van der Waals surface area contributed by atoms with Crippen molar-refractivity contribution in [1.82, 2.24) is 14.5 Å². The van der Waals surface area contributed by atoms with Gasteiger partial charge in [0.25, 0.3) is 0 Å². The smallest absolute Gasteiger partial charge is 0.241 e. The third kappa shape index (κ3) is 1.71. The summed E-state index contributed by atoms with van der Waals surface area (Å²) in [5, 5.41) is 0. The summed E-state index contributed by atoms with van der Waals surface area (Å²) in [6.45, 7) is 0. The molecule has 2 heterocycles. The van der Waals surface area contributed by atoms with E-state index in [9.17, 15) is 4.79 Å². The summed E-state index contributed by atoms with van der Waals surface area (Å²) >= 11 is 0. The Morgan fingerprint density at radius 3 is 2.93 bits per heavy atom. The number of hydrogen-bond donors (Lipinski definition) is 1. The Morgan fingerprint density at radius 2 is 2.20 bits per heavy atom. The highest BCUT2D eigenvalue weighted by Gasteiger charge is 2.05. The maximum absolute atomic E-state index is 10.6. The molecule has 0 aliphatic heterocycles. The number of aryl methyl sites for hydroxylation is 1. The summed E-state index contributed by atoms with van der Waals surface area (Å²) in [7, 11) is 1.87. The van der Waals surface area contributed by atoms with Crippen molar-refractivity contribution in [3.8, 4) is 0 Å². The topological polar surface area (TPSA) is 73.8 Å². The predicted octanol–water partition coefficient (Wildman–Crippen LogP) is 0.467. The van der Waals surface area contributed by atoms with E-state index in [1.54, 1.807) is 18.5 Å². The second kappa shape index (κ2) is 3.53. The van der Waals surface area contributed by atoms with Gasteiger partial charge in [0.1, 0.15) is 5.52 Å². The number of primary amides is 1. The molecule has 0 saturated heterocycles. The maximum Gasteiger partial charge on any atom is 0.241 e. The van der Waals surface area contributed by atoms with Crippen LogP contribution in [0.25, 0.3) is 17.2 Å². The molecule has 76 valence electrons. The molecular weight excluding hydrogens is 192 g/mol. The highest BCUT2D eigenvalue weighted by molar-refractivity contribution is 5.93. The molecule has 15 heavy (non-hydrogen) atoms. The zero-order valence-electron chi connectivity index (χ0n) is 8.21. The Kier molecular flexibility index (Phi) is 2.21. The van der Waals surface area contributed by atoms with Crippen LogP contribution >= 0.6 is 0 Å². The fourth-order valence-electron chi connectivity index (χ4n) is 1.42. The Balaban J connectivity index is 2.57. The van der Waals surface area contributed by atoms with Crippen LogP contribution in [0.15, 0.2) is 24.7 Å². The molecule has 0 atom stereocenters. The molecule has 0 unspecified atom stereocenters. The normalized spacial score (nSPS) is 11.3. The number of aromatic nitrogens is 3. The lowest BCUT2D eigenvalue weighted by Gasteiger charge is -1.90. The van der Waals surface area contributed by atoms with Crippen molar-refractivity contribution in [3.63, 3.8) is 0 Å². The van der Waals surface area contributed by atoms with Gasteiger partial charge in [0, 0.05) is 37.3 Å². The predicted molar refractivity (Wildman–Crippen MR) is 56.7 cm³/mol. The number of nitrogens with two attached hydrogens (primary N) is 1. The van der Waals surface area contributed by atoms with E-state index in [1.807, 2.05) is 17.8 Å². The Hall–Kier alpha value is -2.17. The molecule has 1 amide bonds. The van der Waals surface area contributed by atoms with E-state index in [0.29, 0.717) is 0 Å². The van der Waals surface area contributed by atoms with Crippen molar-refractivity contribution in [2.75, 3.05) is 0 Å². The molecule has 2 aromatic rings. The van der Waals surface area contributed by atoms with Gasteiger partial charge < -0.3 is 10.3 Å². The molecular formula is C10H10N4O. The van der Waals surface area contributed by atoms with Crippen molar-refractivity contribution in [2.24, 2.45) is 12.8 Å². The van der Waals surface area contributed by atoms with E-state index < -0.39 is 5.91 Å². The van der Waals surface area contributed by atoms with E-state index in [0.717, 1.165) is 16.7 Å². The molecule has 2 aromatic heterocycles. The van der Waals surface area contributed by atoms with Gasteiger partial charge in [-0.05, 0) is 6.08 Å². The van der Waals surface area contributed by atoms with Gasteiger partial charge in [-0.15, -0.1) is 0 Å². The maximum atomic E-state index is 10.6. The third-order valence-corrected chi connectivity index (χ3v) is 2.05. The van der Waals surface area contributed by atoms with Crippen LogP contribution in [0.1, 0.15) is 5.56 Å². The van der Waals surface area contributed by atoms with Gasteiger partial charge in [0.15, 0.2) is 5.65 Å². The van der Waals surface area contributed by atoms with Gasteiger partial charge in [-0.3, -0.25) is 9.78 Å². The molecule has 0 bridgehead atoms. The summed E-state index contributed by atoms with van der Waals surface area (Å²) in [6, 6.07) is 0. The highest BCUT2D eigenvalue weighted by atomic mass is 16.1. The number of nitrogens with zero attached hydrogens (tertiary/aromatic N) is 3. The van der Waals surface area contributed by atoms with Gasteiger partial charge in [-0.1, -0.05) is 0 Å². The average molecular weight is 202 g/mol. The SMILES string of the molecule is Cn1cc(C=CC(N)=O)c2nccnc21. The number of fused-ring (bicyclic) bond motifs is 1. The zero-order valence-corrected chi connectivity index (χ0v) is 8.21. The summed E-state index contributed by atoms with van der Waals surface area (Å²) in [4.78, 5) is 19.0. The van der Waals surface area contributed by atoms with E-state index in [-0.39, 0.29) is 0 Å². The Bertz CT molecular complexity index is 541. The van der Waals surface area contributed by atoms with Gasteiger partial charge in [0.05, 0.1) is 0 Å². The molecule has 5 heteroatoms. The zero-order chi connectivity index (χ0) is 10.8. The summed E-state index contributed by atoms with van der Waals surface area (Å²) in [6.07, 6.45) is 8.04. The first-order chi connectivity index (χ1) is 7.18. The lowest BCUT2D eigenvalue weighted by molar-refractivity contribution is -0.113. The van der Waals surface area contributed by atoms with Crippen LogP contribution < -0.4 is 5.73 Å².